The molecule has 1 fully saturated rings. The number of urea groups is 1. The van der Waals surface area contributed by atoms with E-state index in [-0.39, 0.29) is 5.56 Å². The third kappa shape index (κ3) is 4.33. The molecule has 0 radical (unpaired) electrons. The number of ether oxygens (including phenoxy) is 2. The molecule has 138 valence electrons. The van der Waals surface area contributed by atoms with Crippen molar-refractivity contribution in [1.29, 1.82) is 0 Å². The number of nitrogens with one attached hydrogen (secondary N) is 2. The van der Waals surface area contributed by atoms with Crippen molar-refractivity contribution in [3.8, 4) is 11.5 Å². The number of hydrogen-bond acceptors (Lipinski definition) is 5. The number of hydrogen-bond donors (Lipinski definition) is 2. The third-order valence-corrected chi connectivity index (χ3v) is 4.19. The van der Waals surface area contributed by atoms with Gasteiger partial charge in [-0.15, -0.1) is 0 Å². The lowest BCUT2D eigenvalue weighted by Crippen LogP contribution is -2.33. The maximum Gasteiger partial charge on any atom is 0.319 e. The number of anilines is 1. The van der Waals surface area contributed by atoms with Crippen LogP contribution in [0.2, 0.25) is 0 Å². The zero-order valence-electron chi connectivity index (χ0n) is 14.8. The van der Waals surface area contributed by atoms with Crippen LogP contribution >= 0.6 is 0 Å². The Kier molecular flexibility index (Phi) is 5.40. The van der Waals surface area contributed by atoms with Crippen molar-refractivity contribution in [2.75, 3.05) is 26.1 Å². The maximum atomic E-state index is 12.1. The summed E-state index contributed by atoms with van der Waals surface area (Å²) in [6.45, 7) is 0.641. The van der Waals surface area contributed by atoms with E-state index >= 15 is 0 Å². The van der Waals surface area contributed by atoms with Gasteiger partial charge >= 0.3 is 6.03 Å². The SMILES string of the molecule is COc1ccc(OC)c(NC(=O)NCCn2cnc(C3CC3)cc2=O)c1. The number of aromatic nitrogens is 2. The minimum absolute atomic E-state index is 0.0985. The molecule has 1 saturated carbocycles. The zero-order chi connectivity index (χ0) is 18.5. The highest BCUT2D eigenvalue weighted by Crippen LogP contribution is 2.38. The average Bonchev–Trinajstić information content (AvgIpc) is 3.48. The molecule has 26 heavy (non-hydrogen) atoms. The summed E-state index contributed by atoms with van der Waals surface area (Å²) in [6.07, 6.45) is 3.75. The van der Waals surface area contributed by atoms with E-state index in [1.807, 2.05) is 0 Å². The van der Waals surface area contributed by atoms with Crippen molar-refractivity contribution in [2.24, 2.45) is 0 Å². The fourth-order valence-corrected chi connectivity index (χ4v) is 2.58. The van der Waals surface area contributed by atoms with Crippen molar-refractivity contribution < 1.29 is 14.3 Å². The first-order chi connectivity index (χ1) is 12.6. The summed E-state index contributed by atoms with van der Waals surface area (Å²) in [5.74, 6) is 1.57. The second-order valence-electron chi connectivity index (χ2n) is 6.07. The monoisotopic (exact) mass is 358 g/mol. The molecule has 1 aromatic carbocycles. The van der Waals surface area contributed by atoms with E-state index in [9.17, 15) is 9.59 Å². The first-order valence-corrected chi connectivity index (χ1v) is 8.44. The highest BCUT2D eigenvalue weighted by molar-refractivity contribution is 5.91. The lowest BCUT2D eigenvalue weighted by atomic mass is 10.2. The molecule has 1 aliphatic rings. The van der Waals surface area contributed by atoms with Crippen LogP contribution < -0.4 is 25.7 Å². The van der Waals surface area contributed by atoms with Crippen LogP contribution in [0, 0.1) is 0 Å². The Balaban J connectivity index is 1.54. The van der Waals surface area contributed by atoms with Crippen molar-refractivity contribution >= 4 is 11.7 Å². The summed E-state index contributed by atoms with van der Waals surface area (Å²) in [4.78, 5) is 28.5. The smallest absolute Gasteiger partial charge is 0.319 e. The second-order valence-corrected chi connectivity index (χ2v) is 6.07. The minimum atomic E-state index is -0.396. The van der Waals surface area contributed by atoms with E-state index in [2.05, 4.69) is 15.6 Å². The number of nitrogens with zero attached hydrogens (tertiary/aromatic N) is 2. The molecule has 3 rings (SSSR count). The fourth-order valence-electron chi connectivity index (χ4n) is 2.58. The van der Waals surface area contributed by atoms with Crippen LogP contribution in [0.3, 0.4) is 0 Å². The lowest BCUT2D eigenvalue weighted by Gasteiger charge is -2.13. The van der Waals surface area contributed by atoms with Gasteiger partial charge in [0, 0.05) is 31.1 Å². The molecule has 0 unspecified atom stereocenters. The van der Waals surface area contributed by atoms with E-state index in [4.69, 9.17) is 9.47 Å². The first kappa shape index (κ1) is 17.8. The van der Waals surface area contributed by atoms with Gasteiger partial charge in [-0.25, -0.2) is 9.78 Å². The number of amides is 2. The molecule has 8 heteroatoms. The lowest BCUT2D eigenvalue weighted by molar-refractivity contribution is 0.251. The Morgan fingerprint density at radius 2 is 2.08 bits per heavy atom. The van der Waals surface area contributed by atoms with Gasteiger partial charge in [0.1, 0.15) is 11.5 Å². The molecule has 0 saturated heterocycles. The molecule has 1 aliphatic carbocycles. The van der Waals surface area contributed by atoms with E-state index in [1.54, 1.807) is 37.7 Å². The van der Waals surface area contributed by atoms with Crippen LogP contribution in [0.25, 0.3) is 0 Å². The molecule has 2 N–H and O–H groups in total. The molecular formula is C18H22N4O4. The number of benzene rings is 1. The Labute approximate surface area is 151 Å². The molecular weight excluding hydrogens is 336 g/mol. The van der Waals surface area contributed by atoms with Crippen LogP contribution in [0.4, 0.5) is 10.5 Å². The summed E-state index contributed by atoms with van der Waals surface area (Å²) < 4.78 is 11.9. The van der Waals surface area contributed by atoms with E-state index < -0.39 is 6.03 Å². The van der Waals surface area contributed by atoms with Gasteiger partial charge in [0.2, 0.25) is 0 Å². The minimum Gasteiger partial charge on any atom is -0.497 e. The molecule has 0 bridgehead atoms. The van der Waals surface area contributed by atoms with Crippen LogP contribution in [0.15, 0.2) is 35.4 Å². The van der Waals surface area contributed by atoms with Gasteiger partial charge in [0.05, 0.1) is 31.9 Å². The van der Waals surface area contributed by atoms with Gasteiger partial charge in [-0.05, 0) is 25.0 Å². The van der Waals surface area contributed by atoms with Gasteiger partial charge < -0.3 is 20.1 Å². The summed E-state index contributed by atoms with van der Waals surface area (Å²) >= 11 is 0. The van der Waals surface area contributed by atoms with Crippen molar-refractivity contribution in [3.63, 3.8) is 0 Å². The number of carbonyl (C=O) groups is 1. The number of rotatable bonds is 7. The van der Waals surface area contributed by atoms with Crippen molar-refractivity contribution in [2.45, 2.75) is 25.3 Å². The predicted octanol–water partition coefficient (Wildman–Crippen LogP) is 1.96. The van der Waals surface area contributed by atoms with Gasteiger partial charge in [-0.3, -0.25) is 9.36 Å². The van der Waals surface area contributed by atoms with Crippen LogP contribution in [-0.2, 0) is 6.54 Å². The maximum absolute atomic E-state index is 12.1. The second kappa shape index (κ2) is 7.90. The Bertz CT molecular complexity index is 845. The highest BCUT2D eigenvalue weighted by Gasteiger charge is 2.25. The molecule has 1 heterocycles. The molecule has 2 aromatic rings. The summed E-state index contributed by atoms with van der Waals surface area (Å²) in [6, 6.07) is 6.31. The largest absolute Gasteiger partial charge is 0.497 e. The normalized spacial score (nSPS) is 13.2. The topological polar surface area (TPSA) is 94.5 Å². The molecule has 1 aromatic heterocycles. The average molecular weight is 358 g/mol. The number of methoxy groups -OCH3 is 2. The molecule has 0 spiro atoms. The number of carbonyl (C=O) groups excluding carboxylic acids is 1. The summed E-state index contributed by atoms with van der Waals surface area (Å²) in [5, 5.41) is 5.42. The van der Waals surface area contributed by atoms with Crippen LogP contribution in [0.5, 0.6) is 11.5 Å². The fraction of sp³-hybridized carbons (Fsp3) is 0.389. The summed E-state index contributed by atoms with van der Waals surface area (Å²) in [5.41, 5.74) is 1.26. The van der Waals surface area contributed by atoms with Crippen LogP contribution in [0.1, 0.15) is 24.5 Å². The summed E-state index contributed by atoms with van der Waals surface area (Å²) in [7, 11) is 3.07. The van der Waals surface area contributed by atoms with Gasteiger partial charge in [-0.1, -0.05) is 0 Å². The van der Waals surface area contributed by atoms with Crippen LogP contribution in [-0.4, -0.2) is 36.3 Å². The zero-order valence-corrected chi connectivity index (χ0v) is 14.8. The van der Waals surface area contributed by atoms with Gasteiger partial charge in [0.15, 0.2) is 0 Å². The molecule has 0 aliphatic heterocycles. The quantitative estimate of drug-likeness (QED) is 0.789. The Hall–Kier alpha value is -3.03. The van der Waals surface area contributed by atoms with Crippen molar-refractivity contribution in [1.82, 2.24) is 14.9 Å². The molecule has 2 amide bonds. The highest BCUT2D eigenvalue weighted by atomic mass is 16.5. The predicted molar refractivity (Wildman–Crippen MR) is 97.0 cm³/mol. The van der Waals surface area contributed by atoms with Gasteiger partial charge in [-0.2, -0.15) is 0 Å². The third-order valence-electron chi connectivity index (χ3n) is 4.19. The first-order valence-electron chi connectivity index (χ1n) is 8.44. The van der Waals surface area contributed by atoms with E-state index in [1.165, 1.54) is 11.7 Å². The Morgan fingerprint density at radius 1 is 1.27 bits per heavy atom. The Morgan fingerprint density at radius 3 is 2.73 bits per heavy atom. The standard InChI is InChI=1S/C18H22N4O4/c1-25-13-5-6-16(26-2)15(9-13)21-18(24)19-7-8-22-11-20-14(10-17(22)23)12-3-4-12/h5-6,9-12H,3-4,7-8H2,1-2H3,(H2,19,21,24). The van der Waals surface area contributed by atoms with E-state index in [0.29, 0.717) is 36.2 Å². The van der Waals surface area contributed by atoms with E-state index in [0.717, 1.165) is 18.5 Å². The van der Waals surface area contributed by atoms with Gasteiger partial charge in [0.25, 0.3) is 5.56 Å². The molecule has 8 nitrogen and oxygen atoms in total. The van der Waals surface area contributed by atoms with Crippen molar-refractivity contribution in [3.05, 3.63) is 46.6 Å². The molecule has 0 atom stereocenters.